The van der Waals surface area contributed by atoms with E-state index in [-0.39, 0.29) is 0 Å². The first kappa shape index (κ1) is 11.9. The van der Waals surface area contributed by atoms with Gasteiger partial charge in [0, 0.05) is 6.54 Å². The summed E-state index contributed by atoms with van der Waals surface area (Å²) in [6.07, 6.45) is 2.54. The van der Waals surface area contributed by atoms with Crippen LogP contribution >= 0.6 is 0 Å². The van der Waals surface area contributed by atoms with Gasteiger partial charge >= 0.3 is 0 Å². The molecule has 0 aliphatic heterocycles. The van der Waals surface area contributed by atoms with Crippen LogP contribution in [0, 0.1) is 0 Å². The Labute approximate surface area is 62.6 Å². The van der Waals surface area contributed by atoms with Crippen LogP contribution < -0.4 is 5.32 Å². The van der Waals surface area contributed by atoms with Gasteiger partial charge in [-0.2, -0.15) is 0 Å². The number of carbonyl (C=O) groups excluding carboxylic acids is 1. The highest BCUT2D eigenvalue weighted by molar-refractivity contribution is 5.70. The number of carbonyl (C=O) groups is 1. The van der Waals surface area contributed by atoms with Crippen molar-refractivity contribution >= 4 is 6.29 Å². The molecule has 0 unspecified atom stereocenters. The van der Waals surface area contributed by atoms with Crippen LogP contribution in [0.25, 0.3) is 0 Å². The SMILES string of the molecule is C=C(C)C=O.C=CCNC. The minimum Gasteiger partial charge on any atom is -0.316 e. The van der Waals surface area contributed by atoms with Gasteiger partial charge in [0.05, 0.1) is 0 Å². The molecule has 0 bridgehead atoms. The van der Waals surface area contributed by atoms with Gasteiger partial charge in [-0.1, -0.05) is 12.7 Å². The van der Waals surface area contributed by atoms with E-state index in [2.05, 4.69) is 18.5 Å². The molecule has 0 aliphatic carbocycles. The number of allylic oxidation sites excluding steroid dienone is 1. The molecule has 10 heavy (non-hydrogen) atoms. The standard InChI is InChI=1S/C4H9N.C4H6O/c1-3-4-5-2;1-4(2)3-5/h3,5H,1,4H2,2H3;3H,1H2,2H3. The molecule has 0 aromatic heterocycles. The zero-order valence-electron chi connectivity index (χ0n) is 6.68. The normalized spacial score (nSPS) is 7.00. The van der Waals surface area contributed by atoms with Crippen molar-refractivity contribution in [1.82, 2.24) is 5.32 Å². The molecular formula is C8H15NO. The Kier molecular flexibility index (Phi) is 13.0. The van der Waals surface area contributed by atoms with Gasteiger partial charge in [0.15, 0.2) is 0 Å². The Bertz CT molecular complexity index is 108. The third kappa shape index (κ3) is 27.4. The van der Waals surface area contributed by atoms with E-state index in [1.165, 1.54) is 0 Å². The Morgan fingerprint density at radius 3 is 2.10 bits per heavy atom. The summed E-state index contributed by atoms with van der Waals surface area (Å²) in [6, 6.07) is 0. The zero-order chi connectivity index (χ0) is 8.41. The van der Waals surface area contributed by atoms with Crippen LogP contribution in [-0.2, 0) is 4.79 Å². The Balaban J connectivity index is 0. The zero-order valence-corrected chi connectivity index (χ0v) is 6.68. The maximum atomic E-state index is 9.41. The average molecular weight is 141 g/mol. The molecule has 0 heterocycles. The highest BCUT2D eigenvalue weighted by Gasteiger charge is 1.66. The summed E-state index contributed by atoms with van der Waals surface area (Å²) in [5, 5.41) is 2.90. The van der Waals surface area contributed by atoms with Crippen LogP contribution in [-0.4, -0.2) is 19.9 Å². The lowest BCUT2D eigenvalue weighted by atomic mass is 10.4. The molecule has 0 aromatic carbocycles. The van der Waals surface area contributed by atoms with E-state index < -0.39 is 0 Å². The van der Waals surface area contributed by atoms with E-state index in [1.54, 1.807) is 6.92 Å². The summed E-state index contributed by atoms with van der Waals surface area (Å²) in [6.45, 7) is 9.36. The van der Waals surface area contributed by atoms with Gasteiger partial charge in [-0.25, -0.2) is 0 Å². The van der Waals surface area contributed by atoms with Crippen molar-refractivity contribution in [3.63, 3.8) is 0 Å². The molecule has 0 aromatic rings. The van der Waals surface area contributed by atoms with Gasteiger partial charge in [-0.05, 0) is 19.5 Å². The maximum Gasteiger partial charge on any atom is 0.145 e. The molecule has 0 saturated carbocycles. The van der Waals surface area contributed by atoms with Gasteiger partial charge in [0.25, 0.3) is 0 Å². The second-order valence-electron chi connectivity index (χ2n) is 1.81. The molecule has 0 radical (unpaired) electrons. The van der Waals surface area contributed by atoms with Crippen LogP contribution in [0.2, 0.25) is 0 Å². The molecule has 0 amide bonds. The monoisotopic (exact) mass is 141 g/mol. The van der Waals surface area contributed by atoms with Gasteiger partial charge < -0.3 is 5.32 Å². The number of rotatable bonds is 3. The summed E-state index contributed by atoms with van der Waals surface area (Å²) < 4.78 is 0. The predicted molar refractivity (Wildman–Crippen MR) is 45.0 cm³/mol. The van der Waals surface area contributed by atoms with Crippen LogP contribution in [0.4, 0.5) is 0 Å². The third-order valence-electron chi connectivity index (χ3n) is 0.550. The van der Waals surface area contributed by atoms with Crippen LogP contribution in [0.15, 0.2) is 24.8 Å². The highest BCUT2D eigenvalue weighted by atomic mass is 16.1. The molecule has 0 aliphatic rings. The number of nitrogens with one attached hydrogen (secondary N) is 1. The highest BCUT2D eigenvalue weighted by Crippen LogP contribution is 1.70. The second-order valence-corrected chi connectivity index (χ2v) is 1.81. The topological polar surface area (TPSA) is 29.1 Å². The lowest BCUT2D eigenvalue weighted by Gasteiger charge is -1.79. The second kappa shape index (κ2) is 11.0. The van der Waals surface area contributed by atoms with Gasteiger partial charge in [-0.15, -0.1) is 6.58 Å². The van der Waals surface area contributed by atoms with Gasteiger partial charge in [-0.3, -0.25) is 4.79 Å². The molecule has 2 nitrogen and oxygen atoms in total. The summed E-state index contributed by atoms with van der Waals surface area (Å²) in [5.74, 6) is 0. The van der Waals surface area contributed by atoms with Crippen molar-refractivity contribution in [2.45, 2.75) is 6.92 Å². The van der Waals surface area contributed by atoms with Crippen molar-refractivity contribution < 1.29 is 4.79 Å². The van der Waals surface area contributed by atoms with Crippen LogP contribution in [0.3, 0.4) is 0 Å². The van der Waals surface area contributed by atoms with E-state index in [1.807, 2.05) is 13.1 Å². The Hall–Kier alpha value is -0.890. The minimum atomic E-state index is 0.574. The average Bonchev–Trinajstić information content (AvgIpc) is 1.91. The fraction of sp³-hybridized carbons (Fsp3) is 0.375. The molecule has 1 N–H and O–H groups in total. The smallest absolute Gasteiger partial charge is 0.145 e. The van der Waals surface area contributed by atoms with E-state index in [0.717, 1.165) is 12.8 Å². The lowest BCUT2D eigenvalue weighted by molar-refractivity contribution is -0.104. The maximum absolute atomic E-state index is 9.41. The Morgan fingerprint density at radius 2 is 2.10 bits per heavy atom. The van der Waals surface area contributed by atoms with Crippen molar-refractivity contribution in [3.8, 4) is 0 Å². The first-order valence-corrected chi connectivity index (χ1v) is 3.05. The molecule has 0 rings (SSSR count). The summed E-state index contributed by atoms with van der Waals surface area (Å²) >= 11 is 0. The molecule has 0 spiro atoms. The van der Waals surface area contributed by atoms with E-state index in [4.69, 9.17) is 0 Å². The van der Waals surface area contributed by atoms with E-state index in [9.17, 15) is 4.79 Å². The number of hydrogen-bond acceptors (Lipinski definition) is 2. The molecule has 0 atom stereocenters. The van der Waals surface area contributed by atoms with Crippen molar-refractivity contribution in [2.75, 3.05) is 13.6 Å². The third-order valence-corrected chi connectivity index (χ3v) is 0.550. The van der Waals surface area contributed by atoms with Crippen molar-refractivity contribution in [3.05, 3.63) is 24.8 Å². The fourth-order valence-corrected chi connectivity index (χ4v) is 0.144. The fourth-order valence-electron chi connectivity index (χ4n) is 0.144. The molecular weight excluding hydrogens is 126 g/mol. The summed E-state index contributed by atoms with van der Waals surface area (Å²) in [4.78, 5) is 9.41. The Morgan fingerprint density at radius 1 is 1.70 bits per heavy atom. The molecule has 0 saturated heterocycles. The summed E-state index contributed by atoms with van der Waals surface area (Å²) in [5.41, 5.74) is 0.574. The largest absolute Gasteiger partial charge is 0.316 e. The first-order chi connectivity index (χ1) is 4.68. The lowest BCUT2D eigenvalue weighted by Crippen LogP contribution is -2.02. The number of hydrogen-bond donors (Lipinski definition) is 1. The molecule has 58 valence electrons. The first-order valence-electron chi connectivity index (χ1n) is 3.05. The van der Waals surface area contributed by atoms with Crippen molar-refractivity contribution in [2.24, 2.45) is 0 Å². The molecule has 2 heteroatoms. The quantitative estimate of drug-likeness (QED) is 0.363. The van der Waals surface area contributed by atoms with Crippen molar-refractivity contribution in [1.29, 1.82) is 0 Å². The number of likely N-dealkylation sites (N-methyl/N-ethyl adjacent to an activating group) is 1. The van der Waals surface area contributed by atoms with E-state index in [0.29, 0.717) is 5.57 Å². The molecule has 0 fully saturated rings. The van der Waals surface area contributed by atoms with E-state index >= 15 is 0 Å². The van der Waals surface area contributed by atoms with Gasteiger partial charge in [0.1, 0.15) is 6.29 Å². The van der Waals surface area contributed by atoms with Crippen LogP contribution in [0.5, 0.6) is 0 Å². The number of aldehydes is 1. The van der Waals surface area contributed by atoms with Gasteiger partial charge in [0.2, 0.25) is 0 Å². The predicted octanol–water partition coefficient (Wildman–Crippen LogP) is 1.15. The summed E-state index contributed by atoms with van der Waals surface area (Å²) in [7, 11) is 1.89. The minimum absolute atomic E-state index is 0.574. The van der Waals surface area contributed by atoms with Crippen LogP contribution in [0.1, 0.15) is 6.92 Å².